The third-order valence-corrected chi connectivity index (χ3v) is 7.50. The summed E-state index contributed by atoms with van der Waals surface area (Å²) in [4.78, 5) is 20.3. The van der Waals surface area contributed by atoms with Crippen LogP contribution in [0.3, 0.4) is 0 Å². The summed E-state index contributed by atoms with van der Waals surface area (Å²) in [5, 5.41) is 11.9. The predicted octanol–water partition coefficient (Wildman–Crippen LogP) is 4.34. The average Bonchev–Trinajstić information content (AvgIpc) is 3.50. The molecular weight excluding hydrogens is 496 g/mol. The van der Waals surface area contributed by atoms with Crippen molar-refractivity contribution in [2.24, 2.45) is 0 Å². The Morgan fingerprint density at radius 1 is 1.27 bits per heavy atom. The third-order valence-electron chi connectivity index (χ3n) is 6.46. The van der Waals surface area contributed by atoms with Gasteiger partial charge in [-0.2, -0.15) is 0 Å². The second-order valence-corrected chi connectivity index (χ2v) is 10.3. The number of nitrogens with two attached hydrogens (primary N) is 1. The zero-order valence-electron chi connectivity index (χ0n) is 20.3. The molecule has 1 aliphatic carbocycles. The molecule has 0 saturated heterocycles. The molecule has 0 spiro atoms. The molecule has 192 valence electrons. The second kappa shape index (κ2) is 10.7. The molecule has 3 N–H and O–H groups in total. The van der Waals surface area contributed by atoms with Crippen LogP contribution in [0.5, 0.6) is 0 Å². The Hall–Kier alpha value is -3.70. The van der Waals surface area contributed by atoms with E-state index in [0.717, 1.165) is 33.8 Å². The molecular formula is C26H27F2N7OS. The van der Waals surface area contributed by atoms with Crippen LogP contribution in [0.4, 0.5) is 19.6 Å². The minimum absolute atomic E-state index is 0.0551. The number of hydrogen-bond donors (Lipinski definition) is 2. The van der Waals surface area contributed by atoms with Crippen LogP contribution in [0.15, 0.2) is 54.7 Å². The van der Waals surface area contributed by atoms with Gasteiger partial charge in [0.25, 0.3) is 12.3 Å². The fourth-order valence-electron chi connectivity index (χ4n) is 4.48. The molecule has 0 aliphatic heterocycles. The fourth-order valence-corrected chi connectivity index (χ4v) is 5.56. The van der Waals surface area contributed by atoms with Crippen molar-refractivity contribution in [3.05, 3.63) is 76.4 Å². The number of anilines is 2. The molecule has 1 atom stereocenters. The standard InChI is InChI=1S/C26H27F2N7OS/c1-34(15-24(27)28)20-9-10-21-23(12-20)37-26(30-21)31-25(36)18-4-2-3-16(11-18)13-35-14-22(32-33-35)17-5-7-19(29)8-6-17/h2-8,11,14,20,24H,9-10,12-13,15,29H2,1H3,(H,30,31,36). The van der Waals surface area contributed by atoms with Gasteiger partial charge in [0.05, 0.1) is 25.0 Å². The Morgan fingerprint density at radius 2 is 2.08 bits per heavy atom. The van der Waals surface area contributed by atoms with Crippen LogP contribution in [0.1, 0.15) is 32.9 Å². The zero-order chi connectivity index (χ0) is 25.9. The maximum Gasteiger partial charge on any atom is 0.257 e. The van der Waals surface area contributed by atoms with Gasteiger partial charge in [0.15, 0.2) is 5.13 Å². The third kappa shape index (κ3) is 6.00. The molecule has 0 bridgehead atoms. The van der Waals surface area contributed by atoms with Crippen molar-refractivity contribution in [2.75, 3.05) is 24.6 Å². The molecule has 4 aromatic rings. The minimum Gasteiger partial charge on any atom is -0.399 e. The van der Waals surface area contributed by atoms with E-state index in [4.69, 9.17) is 5.73 Å². The van der Waals surface area contributed by atoms with Gasteiger partial charge in [-0.3, -0.25) is 15.0 Å². The van der Waals surface area contributed by atoms with Crippen LogP contribution in [-0.4, -0.2) is 56.8 Å². The first kappa shape index (κ1) is 25.0. The Labute approximate surface area is 217 Å². The monoisotopic (exact) mass is 523 g/mol. The lowest BCUT2D eigenvalue weighted by Gasteiger charge is -2.30. The number of nitrogens with one attached hydrogen (secondary N) is 1. The van der Waals surface area contributed by atoms with Gasteiger partial charge in [0, 0.05) is 27.7 Å². The SMILES string of the molecule is CN(CC(F)F)C1CCc2nc(NC(=O)c3cccc(Cn4cc(-c5ccc(N)cc5)nn4)c3)sc2C1. The van der Waals surface area contributed by atoms with E-state index in [1.165, 1.54) is 11.3 Å². The second-order valence-electron chi connectivity index (χ2n) is 9.19. The van der Waals surface area contributed by atoms with Gasteiger partial charge in [0.1, 0.15) is 5.69 Å². The van der Waals surface area contributed by atoms with Crippen LogP contribution >= 0.6 is 11.3 Å². The molecule has 1 unspecified atom stereocenters. The number of rotatable bonds is 8. The lowest BCUT2D eigenvalue weighted by atomic mass is 9.96. The number of halogens is 2. The first-order chi connectivity index (χ1) is 17.8. The van der Waals surface area contributed by atoms with E-state index in [2.05, 4.69) is 20.6 Å². The summed E-state index contributed by atoms with van der Waals surface area (Å²) in [6.07, 6.45) is 1.65. The number of hydrogen-bond acceptors (Lipinski definition) is 7. The Balaban J connectivity index is 1.22. The molecule has 8 nitrogen and oxygen atoms in total. The minimum atomic E-state index is -2.35. The summed E-state index contributed by atoms with van der Waals surface area (Å²) in [6.45, 7) is 0.220. The van der Waals surface area contributed by atoms with Gasteiger partial charge in [-0.25, -0.2) is 18.4 Å². The van der Waals surface area contributed by atoms with Crippen molar-refractivity contribution in [2.45, 2.75) is 38.3 Å². The summed E-state index contributed by atoms with van der Waals surface area (Å²) >= 11 is 1.42. The van der Waals surface area contributed by atoms with E-state index in [1.54, 1.807) is 22.7 Å². The van der Waals surface area contributed by atoms with Crippen molar-refractivity contribution < 1.29 is 13.6 Å². The van der Waals surface area contributed by atoms with Gasteiger partial charge in [0.2, 0.25) is 0 Å². The summed E-state index contributed by atoms with van der Waals surface area (Å²) < 4.78 is 27.3. The molecule has 11 heteroatoms. The van der Waals surface area contributed by atoms with Gasteiger partial charge in [-0.15, -0.1) is 16.4 Å². The largest absolute Gasteiger partial charge is 0.399 e. The van der Waals surface area contributed by atoms with E-state index in [9.17, 15) is 13.6 Å². The van der Waals surface area contributed by atoms with Gasteiger partial charge in [-0.05, 0) is 56.1 Å². The van der Waals surface area contributed by atoms with Crippen molar-refractivity contribution >= 4 is 28.1 Å². The van der Waals surface area contributed by atoms with E-state index >= 15 is 0 Å². The highest BCUT2D eigenvalue weighted by molar-refractivity contribution is 7.15. The van der Waals surface area contributed by atoms with E-state index in [1.807, 2.05) is 48.7 Å². The van der Waals surface area contributed by atoms with E-state index < -0.39 is 6.43 Å². The molecule has 0 fully saturated rings. The van der Waals surface area contributed by atoms with Gasteiger partial charge in [-0.1, -0.05) is 29.5 Å². The van der Waals surface area contributed by atoms with Crippen molar-refractivity contribution in [3.8, 4) is 11.3 Å². The Bertz CT molecular complexity index is 1390. The molecule has 5 rings (SSSR count). The Kier molecular flexibility index (Phi) is 7.24. The predicted molar refractivity (Wildman–Crippen MR) is 140 cm³/mol. The number of alkyl halides is 2. The number of aromatic nitrogens is 4. The topological polar surface area (TPSA) is 102 Å². The highest BCUT2D eigenvalue weighted by Crippen LogP contribution is 2.32. The maximum absolute atomic E-state index is 13.0. The summed E-state index contributed by atoms with van der Waals surface area (Å²) in [5.74, 6) is -0.250. The normalized spacial score (nSPS) is 15.2. The van der Waals surface area contributed by atoms with Crippen molar-refractivity contribution in [3.63, 3.8) is 0 Å². The number of fused-ring (bicyclic) bond motifs is 1. The number of nitrogens with zero attached hydrogens (tertiary/aromatic N) is 5. The number of likely N-dealkylation sites (N-methyl/N-ethyl adjacent to an activating group) is 1. The van der Waals surface area contributed by atoms with Crippen molar-refractivity contribution in [1.29, 1.82) is 0 Å². The molecule has 0 saturated carbocycles. The number of carbonyl (C=O) groups excluding carboxylic acids is 1. The zero-order valence-corrected chi connectivity index (χ0v) is 21.1. The van der Waals surface area contributed by atoms with Crippen molar-refractivity contribution in [1.82, 2.24) is 24.9 Å². The smallest absolute Gasteiger partial charge is 0.257 e. The number of aryl methyl sites for hydroxylation is 1. The highest BCUT2D eigenvalue weighted by Gasteiger charge is 2.27. The number of nitrogen functional groups attached to an aromatic ring is 1. The fraction of sp³-hybridized carbons (Fsp3) is 0.308. The van der Waals surface area contributed by atoms with Crippen LogP contribution < -0.4 is 11.1 Å². The molecule has 2 aromatic carbocycles. The van der Waals surface area contributed by atoms with Gasteiger partial charge < -0.3 is 5.73 Å². The highest BCUT2D eigenvalue weighted by atomic mass is 32.1. The summed E-state index contributed by atoms with van der Waals surface area (Å²) in [5.41, 5.74) is 10.5. The lowest BCUT2D eigenvalue weighted by Crippen LogP contribution is -2.38. The van der Waals surface area contributed by atoms with E-state index in [0.29, 0.717) is 35.8 Å². The summed E-state index contributed by atoms with van der Waals surface area (Å²) in [7, 11) is 1.73. The number of benzene rings is 2. The molecule has 2 heterocycles. The van der Waals surface area contributed by atoms with Crippen LogP contribution in [0.2, 0.25) is 0 Å². The summed E-state index contributed by atoms with van der Waals surface area (Å²) in [6, 6.07) is 14.8. The molecule has 37 heavy (non-hydrogen) atoms. The average molecular weight is 524 g/mol. The molecule has 0 radical (unpaired) electrons. The maximum atomic E-state index is 13.0. The van der Waals surface area contributed by atoms with Crippen LogP contribution in [0.25, 0.3) is 11.3 Å². The quantitative estimate of drug-likeness (QED) is 0.333. The first-order valence-corrected chi connectivity index (χ1v) is 12.8. The number of carbonyl (C=O) groups is 1. The number of thiazole rings is 1. The van der Waals surface area contributed by atoms with Crippen LogP contribution in [-0.2, 0) is 19.4 Å². The van der Waals surface area contributed by atoms with E-state index in [-0.39, 0.29) is 18.5 Å². The lowest BCUT2D eigenvalue weighted by molar-refractivity contribution is 0.0772. The van der Waals surface area contributed by atoms with Crippen LogP contribution in [0, 0.1) is 0 Å². The van der Waals surface area contributed by atoms with Gasteiger partial charge >= 0.3 is 0 Å². The molecule has 1 amide bonds. The Morgan fingerprint density at radius 3 is 2.86 bits per heavy atom. The molecule has 1 aliphatic rings. The first-order valence-electron chi connectivity index (χ1n) is 12.0. The molecule has 2 aromatic heterocycles. The number of amides is 1.